The van der Waals surface area contributed by atoms with Crippen LogP contribution in [0.25, 0.3) is 0 Å². The van der Waals surface area contributed by atoms with Gasteiger partial charge < -0.3 is 10.4 Å². The van der Waals surface area contributed by atoms with E-state index >= 15 is 0 Å². The van der Waals surface area contributed by atoms with Crippen LogP contribution in [-0.4, -0.2) is 22.0 Å². The number of hydrogen-bond acceptors (Lipinski definition) is 4. The molecular formula is C11H14N2O3S. The fourth-order valence-electron chi connectivity index (χ4n) is 2.06. The molecule has 1 aliphatic carbocycles. The van der Waals surface area contributed by atoms with E-state index in [1.165, 1.54) is 11.3 Å². The van der Waals surface area contributed by atoms with Crippen LogP contribution in [0.4, 0.5) is 5.13 Å². The molecule has 1 aromatic rings. The second kappa shape index (κ2) is 4.83. The Balaban J connectivity index is 1.91. The third-order valence-corrected chi connectivity index (χ3v) is 3.83. The summed E-state index contributed by atoms with van der Waals surface area (Å²) in [5.41, 5.74) is 0. The van der Waals surface area contributed by atoms with E-state index in [-0.39, 0.29) is 17.7 Å². The Morgan fingerprint density at radius 3 is 2.71 bits per heavy atom. The van der Waals surface area contributed by atoms with Crippen LogP contribution in [0.15, 0.2) is 6.20 Å². The minimum Gasteiger partial charge on any atom is -0.481 e. The van der Waals surface area contributed by atoms with Gasteiger partial charge in [-0.1, -0.05) is 0 Å². The summed E-state index contributed by atoms with van der Waals surface area (Å²) in [5.74, 6) is -1.47. The summed E-state index contributed by atoms with van der Waals surface area (Å²) < 4.78 is 0. The van der Waals surface area contributed by atoms with Crippen molar-refractivity contribution in [2.45, 2.75) is 26.2 Å². The van der Waals surface area contributed by atoms with Gasteiger partial charge in [-0.2, -0.15) is 0 Å². The van der Waals surface area contributed by atoms with Crippen LogP contribution in [0.2, 0.25) is 0 Å². The third kappa shape index (κ3) is 2.82. The van der Waals surface area contributed by atoms with Crippen molar-refractivity contribution in [1.82, 2.24) is 4.98 Å². The van der Waals surface area contributed by atoms with Crippen LogP contribution in [-0.2, 0) is 9.59 Å². The summed E-state index contributed by atoms with van der Waals surface area (Å²) in [5, 5.41) is 12.2. The molecule has 2 rings (SSSR count). The molecule has 5 nitrogen and oxygen atoms in total. The maximum absolute atomic E-state index is 11.9. The maximum atomic E-state index is 11.9. The van der Waals surface area contributed by atoms with Gasteiger partial charge in [0, 0.05) is 17.0 Å². The zero-order valence-electron chi connectivity index (χ0n) is 9.47. The van der Waals surface area contributed by atoms with Gasteiger partial charge in [0.05, 0.1) is 5.92 Å². The van der Waals surface area contributed by atoms with Gasteiger partial charge in [-0.15, -0.1) is 11.3 Å². The number of aryl methyl sites for hydroxylation is 1. The Bertz CT molecular complexity index is 444. The number of carboxylic acids is 1. The number of nitrogens with one attached hydrogen (secondary N) is 1. The van der Waals surface area contributed by atoms with Crippen LogP contribution < -0.4 is 5.32 Å². The molecule has 92 valence electrons. The molecule has 1 saturated carbocycles. The molecule has 0 aliphatic heterocycles. The third-order valence-electron chi connectivity index (χ3n) is 3.00. The van der Waals surface area contributed by atoms with E-state index in [4.69, 9.17) is 5.11 Å². The standard InChI is InChI=1S/C11H14N2O3S/c1-6-5-12-11(17-6)13-9(14)7-2-3-8(4-7)10(15)16/h5,7-8H,2-4H2,1H3,(H,15,16)(H,12,13,14)/t7-,8+/m0/s1. The normalized spacial score (nSPS) is 23.6. The molecule has 0 unspecified atom stereocenters. The zero-order valence-corrected chi connectivity index (χ0v) is 10.3. The van der Waals surface area contributed by atoms with Crippen LogP contribution >= 0.6 is 11.3 Å². The van der Waals surface area contributed by atoms with Crippen molar-refractivity contribution in [2.75, 3.05) is 5.32 Å². The second-order valence-electron chi connectivity index (χ2n) is 4.31. The summed E-state index contributed by atoms with van der Waals surface area (Å²) in [6.45, 7) is 1.92. The van der Waals surface area contributed by atoms with Crippen molar-refractivity contribution in [2.24, 2.45) is 11.8 Å². The summed E-state index contributed by atoms with van der Waals surface area (Å²) in [7, 11) is 0. The van der Waals surface area contributed by atoms with Crippen LogP contribution in [0, 0.1) is 18.8 Å². The first-order valence-electron chi connectivity index (χ1n) is 5.52. The molecule has 0 aromatic carbocycles. The molecule has 17 heavy (non-hydrogen) atoms. The number of rotatable bonds is 3. The Kier molecular flexibility index (Phi) is 3.42. The number of aromatic nitrogens is 1. The topological polar surface area (TPSA) is 79.3 Å². The van der Waals surface area contributed by atoms with Gasteiger partial charge >= 0.3 is 5.97 Å². The van der Waals surface area contributed by atoms with Gasteiger partial charge in [-0.3, -0.25) is 9.59 Å². The van der Waals surface area contributed by atoms with Crippen molar-refractivity contribution >= 4 is 28.3 Å². The number of carboxylic acid groups (broad SMARTS) is 1. The molecular weight excluding hydrogens is 240 g/mol. The summed E-state index contributed by atoms with van der Waals surface area (Å²) in [6, 6.07) is 0. The first-order valence-corrected chi connectivity index (χ1v) is 6.34. The Morgan fingerprint density at radius 1 is 1.47 bits per heavy atom. The van der Waals surface area contributed by atoms with E-state index in [9.17, 15) is 9.59 Å². The molecule has 0 radical (unpaired) electrons. The molecule has 1 heterocycles. The lowest BCUT2D eigenvalue weighted by molar-refractivity contribution is -0.141. The largest absolute Gasteiger partial charge is 0.481 e. The number of carbonyl (C=O) groups is 2. The summed E-state index contributed by atoms with van der Waals surface area (Å²) in [4.78, 5) is 27.7. The Morgan fingerprint density at radius 2 is 2.18 bits per heavy atom. The molecule has 2 N–H and O–H groups in total. The van der Waals surface area contributed by atoms with Crippen molar-refractivity contribution < 1.29 is 14.7 Å². The van der Waals surface area contributed by atoms with E-state index in [0.29, 0.717) is 24.4 Å². The number of carbonyl (C=O) groups excluding carboxylic acids is 1. The highest BCUT2D eigenvalue weighted by Crippen LogP contribution is 2.32. The molecule has 1 aromatic heterocycles. The predicted molar refractivity (Wildman–Crippen MR) is 63.9 cm³/mol. The minimum absolute atomic E-state index is 0.108. The van der Waals surface area contributed by atoms with Gasteiger partial charge in [-0.05, 0) is 26.2 Å². The Labute approximate surface area is 103 Å². The van der Waals surface area contributed by atoms with Gasteiger partial charge in [0.2, 0.25) is 5.91 Å². The number of thiazole rings is 1. The average Bonchev–Trinajstić information content (AvgIpc) is 2.86. The first kappa shape index (κ1) is 12.0. The van der Waals surface area contributed by atoms with E-state index in [0.717, 1.165) is 4.88 Å². The van der Waals surface area contributed by atoms with Crippen LogP contribution in [0.5, 0.6) is 0 Å². The van der Waals surface area contributed by atoms with Gasteiger partial charge in [0.25, 0.3) is 0 Å². The number of nitrogens with zero attached hydrogens (tertiary/aromatic N) is 1. The van der Waals surface area contributed by atoms with Gasteiger partial charge in [0.1, 0.15) is 0 Å². The number of hydrogen-bond donors (Lipinski definition) is 2. The zero-order chi connectivity index (χ0) is 12.4. The molecule has 6 heteroatoms. The molecule has 0 saturated heterocycles. The fourth-order valence-corrected chi connectivity index (χ4v) is 2.73. The smallest absolute Gasteiger partial charge is 0.306 e. The van der Waals surface area contributed by atoms with E-state index in [1.807, 2.05) is 6.92 Å². The lowest BCUT2D eigenvalue weighted by Gasteiger charge is -2.08. The Hall–Kier alpha value is -1.43. The highest BCUT2D eigenvalue weighted by Gasteiger charge is 2.33. The minimum atomic E-state index is -0.801. The van der Waals surface area contributed by atoms with Crippen LogP contribution in [0.1, 0.15) is 24.1 Å². The van der Waals surface area contributed by atoms with Crippen molar-refractivity contribution in [3.63, 3.8) is 0 Å². The van der Waals surface area contributed by atoms with Gasteiger partial charge in [0.15, 0.2) is 5.13 Å². The molecule has 0 spiro atoms. The number of aliphatic carboxylic acids is 1. The quantitative estimate of drug-likeness (QED) is 0.863. The number of amides is 1. The number of anilines is 1. The molecule has 1 fully saturated rings. The fraction of sp³-hybridized carbons (Fsp3) is 0.545. The van der Waals surface area contributed by atoms with Crippen LogP contribution in [0.3, 0.4) is 0 Å². The maximum Gasteiger partial charge on any atom is 0.306 e. The van der Waals surface area contributed by atoms with E-state index in [1.54, 1.807) is 6.20 Å². The second-order valence-corrected chi connectivity index (χ2v) is 5.55. The van der Waals surface area contributed by atoms with Crippen molar-refractivity contribution in [3.05, 3.63) is 11.1 Å². The first-order chi connectivity index (χ1) is 8.06. The molecule has 1 aliphatic rings. The average molecular weight is 254 g/mol. The van der Waals surface area contributed by atoms with Crippen molar-refractivity contribution in [3.8, 4) is 0 Å². The molecule has 1 amide bonds. The monoisotopic (exact) mass is 254 g/mol. The van der Waals surface area contributed by atoms with E-state index in [2.05, 4.69) is 10.3 Å². The lowest BCUT2D eigenvalue weighted by atomic mass is 10.0. The summed E-state index contributed by atoms with van der Waals surface area (Å²) >= 11 is 1.42. The van der Waals surface area contributed by atoms with Gasteiger partial charge in [-0.25, -0.2) is 4.98 Å². The van der Waals surface area contributed by atoms with E-state index < -0.39 is 5.97 Å². The SMILES string of the molecule is Cc1cnc(NC(=O)[C@H]2CC[C@@H](C(=O)O)C2)s1. The van der Waals surface area contributed by atoms with Crippen molar-refractivity contribution in [1.29, 1.82) is 0 Å². The predicted octanol–water partition coefficient (Wildman–Crippen LogP) is 1.89. The lowest BCUT2D eigenvalue weighted by Crippen LogP contribution is -2.21. The summed E-state index contributed by atoms with van der Waals surface area (Å²) in [6.07, 6.45) is 3.37. The molecule has 0 bridgehead atoms. The molecule has 2 atom stereocenters. The highest BCUT2D eigenvalue weighted by atomic mass is 32.1. The highest BCUT2D eigenvalue weighted by molar-refractivity contribution is 7.15.